The van der Waals surface area contributed by atoms with E-state index in [-0.39, 0.29) is 0 Å². The van der Waals surface area contributed by atoms with Crippen molar-refractivity contribution in [3.05, 3.63) is 11.9 Å². The second-order valence-electron chi connectivity index (χ2n) is 6.09. The molecule has 0 radical (unpaired) electrons. The van der Waals surface area contributed by atoms with Crippen LogP contribution in [-0.2, 0) is 6.42 Å². The van der Waals surface area contributed by atoms with Gasteiger partial charge in [-0.1, -0.05) is 27.7 Å². The Morgan fingerprint density at radius 3 is 2.33 bits per heavy atom. The largest absolute Gasteiger partial charge is 0.370 e. The summed E-state index contributed by atoms with van der Waals surface area (Å²) >= 11 is 0. The van der Waals surface area contributed by atoms with Crippen molar-refractivity contribution in [3.63, 3.8) is 0 Å². The molecule has 1 aromatic rings. The van der Waals surface area contributed by atoms with Gasteiger partial charge < -0.3 is 15.5 Å². The van der Waals surface area contributed by atoms with Crippen LogP contribution < -0.4 is 10.6 Å². The van der Waals surface area contributed by atoms with Crippen LogP contribution in [0.15, 0.2) is 6.33 Å². The maximum absolute atomic E-state index is 4.47. The molecule has 0 saturated heterocycles. The Morgan fingerprint density at radius 2 is 1.81 bits per heavy atom. The molecule has 1 aromatic heterocycles. The summed E-state index contributed by atoms with van der Waals surface area (Å²) in [5.74, 6) is 2.47. The number of likely N-dealkylation sites (N-methyl/N-ethyl adjacent to an activating group) is 1. The van der Waals surface area contributed by atoms with Gasteiger partial charge in [0, 0.05) is 24.7 Å². The molecule has 0 aromatic carbocycles. The third kappa shape index (κ3) is 5.50. The summed E-state index contributed by atoms with van der Waals surface area (Å²) in [7, 11) is 4.21. The van der Waals surface area contributed by atoms with Gasteiger partial charge in [-0.2, -0.15) is 0 Å². The first-order valence-electron chi connectivity index (χ1n) is 7.98. The highest BCUT2D eigenvalue weighted by molar-refractivity contribution is 5.57. The van der Waals surface area contributed by atoms with Gasteiger partial charge in [0.1, 0.15) is 18.0 Å². The molecule has 1 unspecified atom stereocenters. The molecule has 0 aliphatic heterocycles. The summed E-state index contributed by atoms with van der Waals surface area (Å²) in [5, 5.41) is 7.01. The van der Waals surface area contributed by atoms with Gasteiger partial charge in [0.2, 0.25) is 0 Å². The molecule has 5 heteroatoms. The van der Waals surface area contributed by atoms with Gasteiger partial charge in [-0.25, -0.2) is 9.97 Å². The second kappa shape index (κ2) is 8.82. The first-order valence-corrected chi connectivity index (χ1v) is 7.98. The van der Waals surface area contributed by atoms with Crippen LogP contribution in [0.5, 0.6) is 0 Å². The van der Waals surface area contributed by atoms with E-state index < -0.39 is 0 Å². The minimum absolute atomic E-state index is 0.374. The highest BCUT2D eigenvalue weighted by atomic mass is 15.1. The fraction of sp³-hybridized carbons (Fsp3) is 0.750. The Labute approximate surface area is 129 Å². The fourth-order valence-corrected chi connectivity index (χ4v) is 2.26. The molecular formula is C16H31N5. The van der Waals surface area contributed by atoms with Crippen LogP contribution in [0, 0.1) is 5.92 Å². The topological polar surface area (TPSA) is 53.1 Å². The standard InChI is InChI=1S/C16H31N5/c1-7-9-17-15-13(8-2)16(19-11-18-15)20-14(12(3)4)10-21(5)6/h11-12,14H,7-10H2,1-6H3,(H2,17,18,19,20). The monoisotopic (exact) mass is 293 g/mol. The first-order chi connectivity index (χ1) is 9.99. The summed E-state index contributed by atoms with van der Waals surface area (Å²) in [5.41, 5.74) is 1.18. The second-order valence-corrected chi connectivity index (χ2v) is 6.09. The van der Waals surface area contributed by atoms with Gasteiger partial charge in [-0.05, 0) is 32.9 Å². The van der Waals surface area contributed by atoms with Crippen LogP contribution in [0.3, 0.4) is 0 Å². The molecule has 0 aliphatic carbocycles. The smallest absolute Gasteiger partial charge is 0.134 e. The van der Waals surface area contributed by atoms with Crippen molar-refractivity contribution in [1.82, 2.24) is 14.9 Å². The van der Waals surface area contributed by atoms with Crippen molar-refractivity contribution in [2.75, 3.05) is 37.8 Å². The van der Waals surface area contributed by atoms with E-state index in [1.165, 1.54) is 5.56 Å². The third-order valence-corrected chi connectivity index (χ3v) is 3.53. The highest BCUT2D eigenvalue weighted by Crippen LogP contribution is 2.22. The van der Waals surface area contributed by atoms with E-state index in [2.05, 4.69) is 67.3 Å². The van der Waals surface area contributed by atoms with Crippen molar-refractivity contribution >= 4 is 11.6 Å². The van der Waals surface area contributed by atoms with Crippen LogP contribution >= 0.6 is 0 Å². The van der Waals surface area contributed by atoms with Crippen LogP contribution in [0.25, 0.3) is 0 Å². The minimum Gasteiger partial charge on any atom is -0.370 e. The SMILES string of the molecule is CCCNc1ncnc(NC(CN(C)C)C(C)C)c1CC. The number of rotatable bonds is 9. The normalized spacial score (nSPS) is 12.8. The average molecular weight is 293 g/mol. The van der Waals surface area contributed by atoms with Crippen LogP contribution in [-0.4, -0.2) is 48.1 Å². The molecule has 21 heavy (non-hydrogen) atoms. The van der Waals surface area contributed by atoms with Crippen molar-refractivity contribution in [1.29, 1.82) is 0 Å². The van der Waals surface area contributed by atoms with Gasteiger partial charge in [0.15, 0.2) is 0 Å². The van der Waals surface area contributed by atoms with Crippen molar-refractivity contribution in [2.45, 2.75) is 46.6 Å². The molecular weight excluding hydrogens is 262 g/mol. The molecule has 1 rings (SSSR count). The van der Waals surface area contributed by atoms with Crippen LogP contribution in [0.2, 0.25) is 0 Å². The fourth-order valence-electron chi connectivity index (χ4n) is 2.26. The molecule has 0 saturated carbocycles. The Morgan fingerprint density at radius 1 is 1.14 bits per heavy atom. The Bertz CT molecular complexity index is 417. The van der Waals surface area contributed by atoms with Gasteiger partial charge in [-0.15, -0.1) is 0 Å². The summed E-state index contributed by atoms with van der Waals surface area (Å²) in [6.07, 6.45) is 3.65. The summed E-state index contributed by atoms with van der Waals surface area (Å²) in [6.45, 7) is 10.7. The molecule has 1 heterocycles. The van der Waals surface area contributed by atoms with Gasteiger partial charge >= 0.3 is 0 Å². The number of hydrogen-bond acceptors (Lipinski definition) is 5. The summed E-state index contributed by atoms with van der Waals surface area (Å²) in [4.78, 5) is 11.1. The molecule has 5 nitrogen and oxygen atoms in total. The first kappa shape index (κ1) is 17.7. The zero-order valence-electron chi connectivity index (χ0n) is 14.4. The molecule has 2 N–H and O–H groups in total. The molecule has 0 fully saturated rings. The lowest BCUT2D eigenvalue weighted by Gasteiger charge is -2.27. The lowest BCUT2D eigenvalue weighted by Crippen LogP contribution is -2.37. The Balaban J connectivity index is 2.94. The van der Waals surface area contributed by atoms with E-state index in [0.717, 1.165) is 37.6 Å². The number of hydrogen-bond donors (Lipinski definition) is 2. The maximum Gasteiger partial charge on any atom is 0.134 e. The van der Waals surface area contributed by atoms with E-state index >= 15 is 0 Å². The Hall–Kier alpha value is -1.36. The summed E-state index contributed by atoms with van der Waals surface area (Å²) in [6, 6.07) is 0.374. The predicted molar refractivity (Wildman–Crippen MR) is 91.0 cm³/mol. The highest BCUT2D eigenvalue weighted by Gasteiger charge is 2.17. The number of aromatic nitrogens is 2. The molecule has 120 valence electrons. The van der Waals surface area contributed by atoms with Crippen molar-refractivity contribution < 1.29 is 0 Å². The number of nitrogens with one attached hydrogen (secondary N) is 2. The van der Waals surface area contributed by atoms with E-state index in [9.17, 15) is 0 Å². The quantitative estimate of drug-likeness (QED) is 0.733. The van der Waals surface area contributed by atoms with Crippen molar-refractivity contribution in [3.8, 4) is 0 Å². The molecule has 0 spiro atoms. The zero-order chi connectivity index (χ0) is 15.8. The molecule has 0 amide bonds. The molecule has 1 atom stereocenters. The number of anilines is 2. The Kier molecular flexibility index (Phi) is 7.43. The average Bonchev–Trinajstić information content (AvgIpc) is 2.43. The van der Waals surface area contributed by atoms with E-state index in [1.54, 1.807) is 6.33 Å². The van der Waals surface area contributed by atoms with Crippen LogP contribution in [0.1, 0.15) is 39.7 Å². The lowest BCUT2D eigenvalue weighted by atomic mass is 10.0. The summed E-state index contributed by atoms with van der Waals surface area (Å²) < 4.78 is 0. The van der Waals surface area contributed by atoms with Gasteiger partial charge in [0.05, 0.1) is 0 Å². The minimum atomic E-state index is 0.374. The lowest BCUT2D eigenvalue weighted by molar-refractivity contribution is 0.344. The van der Waals surface area contributed by atoms with E-state index in [4.69, 9.17) is 0 Å². The third-order valence-electron chi connectivity index (χ3n) is 3.53. The predicted octanol–water partition coefficient (Wildman–Crippen LogP) is 2.86. The molecule has 0 aliphatic rings. The van der Waals surface area contributed by atoms with Gasteiger partial charge in [-0.3, -0.25) is 0 Å². The molecule has 0 bridgehead atoms. The van der Waals surface area contributed by atoms with Crippen molar-refractivity contribution in [2.24, 2.45) is 5.92 Å². The number of nitrogens with zero attached hydrogens (tertiary/aromatic N) is 3. The van der Waals surface area contributed by atoms with Gasteiger partial charge in [0.25, 0.3) is 0 Å². The van der Waals surface area contributed by atoms with Crippen LogP contribution in [0.4, 0.5) is 11.6 Å². The maximum atomic E-state index is 4.47. The van der Waals surface area contributed by atoms with E-state index in [1.807, 2.05) is 0 Å². The zero-order valence-corrected chi connectivity index (χ0v) is 14.4. The van der Waals surface area contributed by atoms with E-state index in [0.29, 0.717) is 12.0 Å².